The van der Waals surface area contributed by atoms with Gasteiger partial charge in [0.2, 0.25) is 11.9 Å². The van der Waals surface area contributed by atoms with E-state index in [9.17, 15) is 4.79 Å². The van der Waals surface area contributed by atoms with Crippen molar-refractivity contribution in [3.05, 3.63) is 46.6 Å². The van der Waals surface area contributed by atoms with Crippen LogP contribution in [0.4, 0.5) is 11.8 Å². The average molecular weight is 442 g/mol. The maximum absolute atomic E-state index is 13.2. The number of nitrogens with zero attached hydrogens (tertiary/aromatic N) is 3. The van der Waals surface area contributed by atoms with Gasteiger partial charge in [0.1, 0.15) is 5.82 Å². The summed E-state index contributed by atoms with van der Waals surface area (Å²) in [5, 5.41) is 7.55. The van der Waals surface area contributed by atoms with E-state index in [0.29, 0.717) is 17.0 Å². The predicted octanol–water partition coefficient (Wildman–Crippen LogP) is 4.47. The molecule has 2 fully saturated rings. The van der Waals surface area contributed by atoms with Crippen molar-refractivity contribution >= 4 is 29.3 Å². The van der Waals surface area contributed by atoms with Gasteiger partial charge in [-0.2, -0.15) is 4.98 Å². The normalized spacial score (nSPS) is 22.3. The molecular formula is C24H32ClN5O. The van der Waals surface area contributed by atoms with Crippen molar-refractivity contribution in [3.8, 4) is 0 Å². The molecule has 0 bridgehead atoms. The van der Waals surface area contributed by atoms with Gasteiger partial charge in [0.05, 0.1) is 5.41 Å². The Morgan fingerprint density at radius 1 is 1.10 bits per heavy atom. The molecule has 2 aliphatic carbocycles. The van der Waals surface area contributed by atoms with Crippen LogP contribution in [0, 0.1) is 6.92 Å². The third kappa shape index (κ3) is 4.64. The topological polar surface area (TPSA) is 70.1 Å². The largest absolute Gasteiger partial charge is 0.362 e. The molecule has 4 rings (SSSR count). The first-order valence-electron chi connectivity index (χ1n) is 11.2. The fourth-order valence-corrected chi connectivity index (χ4v) is 4.92. The van der Waals surface area contributed by atoms with Crippen molar-refractivity contribution in [1.29, 1.82) is 0 Å². The van der Waals surface area contributed by atoms with Gasteiger partial charge in [0, 0.05) is 43.0 Å². The molecule has 0 saturated heterocycles. The second-order valence-electron chi connectivity index (χ2n) is 9.20. The first-order chi connectivity index (χ1) is 14.9. The van der Waals surface area contributed by atoms with Crippen LogP contribution in [-0.4, -0.2) is 42.1 Å². The Morgan fingerprint density at radius 3 is 2.32 bits per heavy atom. The van der Waals surface area contributed by atoms with Crippen molar-refractivity contribution in [2.75, 3.05) is 24.3 Å². The van der Waals surface area contributed by atoms with Gasteiger partial charge in [-0.15, -0.1) is 0 Å². The highest BCUT2D eigenvalue weighted by Crippen LogP contribution is 2.44. The summed E-state index contributed by atoms with van der Waals surface area (Å²) >= 11 is 6.04. The lowest BCUT2D eigenvalue weighted by Crippen LogP contribution is -2.53. The van der Waals surface area contributed by atoms with Crippen molar-refractivity contribution in [2.45, 2.75) is 69.4 Å². The van der Waals surface area contributed by atoms with E-state index >= 15 is 0 Å². The van der Waals surface area contributed by atoms with Gasteiger partial charge in [0.25, 0.3) is 0 Å². The molecule has 2 saturated carbocycles. The molecule has 1 aromatic heterocycles. The van der Waals surface area contributed by atoms with Gasteiger partial charge >= 0.3 is 0 Å². The van der Waals surface area contributed by atoms with Crippen LogP contribution in [0.15, 0.2) is 30.5 Å². The average Bonchev–Trinajstić information content (AvgIpc) is 2.71. The lowest BCUT2D eigenvalue weighted by atomic mass is 9.63. The number of aromatic nitrogens is 2. The van der Waals surface area contributed by atoms with Crippen LogP contribution in [0.2, 0.25) is 5.02 Å². The zero-order chi connectivity index (χ0) is 22.0. The summed E-state index contributed by atoms with van der Waals surface area (Å²) in [5.41, 5.74) is 1.77. The number of hydrogen-bond donors (Lipinski definition) is 2. The number of benzene rings is 1. The number of amides is 1. The van der Waals surface area contributed by atoms with E-state index < -0.39 is 0 Å². The minimum absolute atomic E-state index is 0.176. The number of anilines is 2. The highest BCUT2D eigenvalue weighted by atomic mass is 35.5. The van der Waals surface area contributed by atoms with Crippen molar-refractivity contribution in [3.63, 3.8) is 0 Å². The van der Waals surface area contributed by atoms with Gasteiger partial charge < -0.3 is 15.5 Å². The van der Waals surface area contributed by atoms with Crippen molar-refractivity contribution in [2.24, 2.45) is 0 Å². The molecule has 2 N–H and O–H groups in total. The molecule has 6 nitrogen and oxygen atoms in total. The van der Waals surface area contributed by atoms with E-state index in [2.05, 4.69) is 20.6 Å². The fraction of sp³-hybridized carbons (Fsp3) is 0.542. The van der Waals surface area contributed by atoms with E-state index in [-0.39, 0.29) is 17.4 Å². The molecule has 1 heterocycles. The van der Waals surface area contributed by atoms with Crippen molar-refractivity contribution < 1.29 is 4.79 Å². The third-order valence-electron chi connectivity index (χ3n) is 6.80. The molecule has 166 valence electrons. The highest BCUT2D eigenvalue weighted by Gasteiger charge is 2.46. The molecule has 0 unspecified atom stereocenters. The van der Waals surface area contributed by atoms with Crippen LogP contribution in [0.3, 0.4) is 0 Å². The van der Waals surface area contributed by atoms with Crippen LogP contribution in [-0.2, 0) is 10.2 Å². The summed E-state index contributed by atoms with van der Waals surface area (Å²) in [6, 6.07) is 8.34. The molecule has 1 aromatic carbocycles. The zero-order valence-electron chi connectivity index (χ0n) is 18.6. The molecule has 2 aliphatic rings. The monoisotopic (exact) mass is 441 g/mol. The summed E-state index contributed by atoms with van der Waals surface area (Å²) in [7, 11) is 3.98. The number of nitrogens with one attached hydrogen (secondary N) is 2. The SMILES string of the molecule is Cc1cnc(NC2CCC(NC(=O)C3(c4ccc(Cl)cc4)CCC3)CC2)nc1N(C)C. The van der Waals surface area contributed by atoms with E-state index in [1.807, 2.05) is 56.4 Å². The van der Waals surface area contributed by atoms with E-state index in [1.165, 1.54) is 0 Å². The maximum Gasteiger partial charge on any atom is 0.230 e. The van der Waals surface area contributed by atoms with E-state index in [0.717, 1.165) is 61.9 Å². The first kappa shape index (κ1) is 21.9. The quantitative estimate of drug-likeness (QED) is 0.692. The van der Waals surface area contributed by atoms with E-state index in [1.54, 1.807) is 0 Å². The van der Waals surface area contributed by atoms with Crippen LogP contribution in [0.1, 0.15) is 56.1 Å². The molecule has 0 aliphatic heterocycles. The zero-order valence-corrected chi connectivity index (χ0v) is 19.4. The summed E-state index contributed by atoms with van der Waals surface area (Å²) in [5.74, 6) is 1.79. The summed E-state index contributed by atoms with van der Waals surface area (Å²) in [4.78, 5) is 24.3. The molecular weight excluding hydrogens is 410 g/mol. The maximum atomic E-state index is 13.2. The van der Waals surface area contributed by atoms with Gasteiger partial charge in [-0.05, 0) is 63.1 Å². The Bertz CT molecular complexity index is 918. The number of halogens is 1. The van der Waals surface area contributed by atoms with Crippen LogP contribution < -0.4 is 15.5 Å². The number of rotatable bonds is 6. The van der Waals surface area contributed by atoms with Crippen LogP contribution in [0.25, 0.3) is 0 Å². The molecule has 0 spiro atoms. The number of carbonyl (C=O) groups is 1. The lowest BCUT2D eigenvalue weighted by Gasteiger charge is -2.42. The second-order valence-corrected chi connectivity index (χ2v) is 9.64. The lowest BCUT2D eigenvalue weighted by molar-refractivity contribution is -0.130. The van der Waals surface area contributed by atoms with Gasteiger partial charge in [-0.3, -0.25) is 4.79 Å². The van der Waals surface area contributed by atoms with Gasteiger partial charge in [-0.1, -0.05) is 30.2 Å². The Hall–Kier alpha value is -2.34. The summed E-state index contributed by atoms with van der Waals surface area (Å²) < 4.78 is 0. The summed E-state index contributed by atoms with van der Waals surface area (Å²) in [6.45, 7) is 2.02. The van der Waals surface area contributed by atoms with E-state index in [4.69, 9.17) is 11.6 Å². The third-order valence-corrected chi connectivity index (χ3v) is 7.05. The molecule has 0 atom stereocenters. The predicted molar refractivity (Wildman–Crippen MR) is 126 cm³/mol. The number of aryl methyl sites for hydroxylation is 1. The van der Waals surface area contributed by atoms with Gasteiger partial charge in [0.15, 0.2) is 0 Å². The van der Waals surface area contributed by atoms with Crippen LogP contribution >= 0.6 is 11.6 Å². The minimum atomic E-state index is -0.377. The second kappa shape index (κ2) is 9.03. The standard InChI is InChI=1S/C24H32ClN5O/c1-16-15-26-23(29-21(16)30(2)3)28-20-11-9-19(10-12-20)27-22(31)24(13-4-14-24)17-5-7-18(25)8-6-17/h5-8,15,19-20H,4,9-14H2,1-3H3,(H,27,31)(H,26,28,29). The Labute approximate surface area is 189 Å². The molecule has 0 radical (unpaired) electrons. The molecule has 2 aromatic rings. The smallest absolute Gasteiger partial charge is 0.230 e. The van der Waals surface area contributed by atoms with Crippen LogP contribution in [0.5, 0.6) is 0 Å². The molecule has 7 heteroatoms. The van der Waals surface area contributed by atoms with Crippen molar-refractivity contribution in [1.82, 2.24) is 15.3 Å². The Kier molecular flexibility index (Phi) is 6.37. The summed E-state index contributed by atoms with van der Waals surface area (Å²) in [6.07, 6.45) is 8.70. The first-order valence-corrected chi connectivity index (χ1v) is 11.6. The fourth-order valence-electron chi connectivity index (χ4n) is 4.79. The number of hydrogen-bond acceptors (Lipinski definition) is 5. The number of carbonyl (C=O) groups excluding carboxylic acids is 1. The van der Waals surface area contributed by atoms with Gasteiger partial charge in [-0.25, -0.2) is 4.98 Å². The molecule has 1 amide bonds. The highest BCUT2D eigenvalue weighted by molar-refractivity contribution is 6.30. The Balaban J connectivity index is 1.32. The Morgan fingerprint density at radius 2 is 1.74 bits per heavy atom. The minimum Gasteiger partial charge on any atom is -0.362 e. The molecule has 31 heavy (non-hydrogen) atoms.